The molecule has 21 heavy (non-hydrogen) atoms. The van der Waals surface area contributed by atoms with Gasteiger partial charge in [-0.15, -0.1) is 0 Å². The summed E-state index contributed by atoms with van der Waals surface area (Å²) in [7, 11) is -3.84. The Bertz CT molecular complexity index is 660. The van der Waals surface area contributed by atoms with Crippen LogP contribution in [0.15, 0.2) is 27.6 Å². The summed E-state index contributed by atoms with van der Waals surface area (Å²) in [5.74, 6) is -0.141. The summed E-state index contributed by atoms with van der Waals surface area (Å²) in [5.41, 5.74) is 0.348. The zero-order chi connectivity index (χ0) is 15.8. The molecule has 2 rings (SSSR count). The van der Waals surface area contributed by atoms with E-state index in [0.29, 0.717) is 10.0 Å². The van der Waals surface area contributed by atoms with Crippen LogP contribution in [0, 0.1) is 0 Å². The van der Waals surface area contributed by atoms with Gasteiger partial charge in [-0.3, -0.25) is 4.79 Å². The van der Waals surface area contributed by atoms with Crippen molar-refractivity contribution in [1.82, 2.24) is 4.90 Å². The molecule has 0 spiro atoms. The number of halogens is 1. The Kier molecular flexibility index (Phi) is 4.75. The summed E-state index contributed by atoms with van der Waals surface area (Å²) in [5, 5.41) is 5.16. The Morgan fingerprint density at radius 3 is 2.62 bits per heavy atom. The van der Waals surface area contributed by atoms with Crippen molar-refractivity contribution in [2.45, 2.75) is 50.1 Å². The highest BCUT2D eigenvalue weighted by atomic mass is 79.9. The van der Waals surface area contributed by atoms with Crippen LogP contribution in [0.5, 0.6) is 0 Å². The molecule has 1 aromatic rings. The lowest BCUT2D eigenvalue weighted by Gasteiger charge is -2.28. The van der Waals surface area contributed by atoms with Crippen LogP contribution >= 0.6 is 15.9 Å². The van der Waals surface area contributed by atoms with Crippen LogP contribution in [0.1, 0.15) is 43.5 Å². The highest BCUT2D eigenvalue weighted by Gasteiger charge is 2.34. The number of primary sulfonamides is 1. The average molecular weight is 375 g/mol. The lowest BCUT2D eigenvalue weighted by atomic mass is 10.1. The first-order chi connectivity index (χ1) is 9.74. The van der Waals surface area contributed by atoms with Crippen LogP contribution in [-0.2, 0) is 10.0 Å². The van der Waals surface area contributed by atoms with Gasteiger partial charge in [-0.1, -0.05) is 22.9 Å². The van der Waals surface area contributed by atoms with Crippen LogP contribution in [0.3, 0.4) is 0 Å². The third-order valence-corrected chi connectivity index (χ3v) is 5.29. The number of hydrogen-bond acceptors (Lipinski definition) is 3. The SMILES string of the molecule is CCC1CCC(C)N1C(=O)c1cc(Br)cc(S(N)(=O)=O)c1. The van der Waals surface area contributed by atoms with Gasteiger partial charge in [-0.2, -0.15) is 0 Å². The first-order valence-electron chi connectivity index (χ1n) is 6.90. The molecule has 0 radical (unpaired) electrons. The fourth-order valence-corrected chi connectivity index (χ4v) is 4.07. The van der Waals surface area contributed by atoms with Crippen molar-refractivity contribution in [3.05, 3.63) is 28.2 Å². The first kappa shape index (κ1) is 16.5. The maximum absolute atomic E-state index is 12.7. The van der Waals surface area contributed by atoms with E-state index in [4.69, 9.17) is 5.14 Å². The number of rotatable bonds is 3. The van der Waals surface area contributed by atoms with E-state index in [-0.39, 0.29) is 22.9 Å². The maximum atomic E-state index is 12.7. The Labute approximate surface area is 133 Å². The molecule has 1 amide bonds. The Balaban J connectivity index is 2.42. The number of likely N-dealkylation sites (tertiary alicyclic amines) is 1. The first-order valence-corrected chi connectivity index (χ1v) is 9.24. The number of carbonyl (C=O) groups excluding carboxylic acids is 1. The predicted molar refractivity (Wildman–Crippen MR) is 84.5 cm³/mol. The topological polar surface area (TPSA) is 80.5 Å². The van der Waals surface area contributed by atoms with Gasteiger partial charge >= 0.3 is 0 Å². The molecule has 2 atom stereocenters. The van der Waals surface area contributed by atoms with Gasteiger partial charge in [0.15, 0.2) is 0 Å². The second-order valence-electron chi connectivity index (χ2n) is 5.42. The summed E-state index contributed by atoms with van der Waals surface area (Å²) in [6.45, 7) is 4.08. The van der Waals surface area contributed by atoms with E-state index in [1.165, 1.54) is 12.1 Å². The molecule has 116 valence electrons. The Hall–Kier alpha value is -0.920. The molecule has 0 aromatic heterocycles. The van der Waals surface area contributed by atoms with E-state index >= 15 is 0 Å². The van der Waals surface area contributed by atoms with Gasteiger partial charge in [-0.25, -0.2) is 13.6 Å². The van der Waals surface area contributed by atoms with Crippen LogP contribution in [0.2, 0.25) is 0 Å². The molecule has 1 aromatic carbocycles. The van der Waals surface area contributed by atoms with Gasteiger partial charge in [0.25, 0.3) is 5.91 Å². The molecular formula is C14H19BrN2O3S. The molecule has 7 heteroatoms. The molecule has 1 heterocycles. The van der Waals surface area contributed by atoms with Crippen molar-refractivity contribution in [2.24, 2.45) is 5.14 Å². The molecule has 5 nitrogen and oxygen atoms in total. The van der Waals surface area contributed by atoms with Crippen molar-refractivity contribution in [3.8, 4) is 0 Å². The van der Waals surface area contributed by atoms with Crippen molar-refractivity contribution in [2.75, 3.05) is 0 Å². The molecule has 1 aliphatic rings. The number of benzene rings is 1. The third-order valence-electron chi connectivity index (χ3n) is 3.94. The Morgan fingerprint density at radius 2 is 2.05 bits per heavy atom. The fraction of sp³-hybridized carbons (Fsp3) is 0.500. The number of nitrogens with zero attached hydrogens (tertiary/aromatic N) is 1. The molecule has 0 aliphatic carbocycles. The molecule has 2 unspecified atom stereocenters. The maximum Gasteiger partial charge on any atom is 0.254 e. The van der Waals surface area contributed by atoms with E-state index in [1.807, 2.05) is 11.8 Å². The normalized spacial score (nSPS) is 22.6. The Morgan fingerprint density at radius 1 is 1.38 bits per heavy atom. The van der Waals surface area contributed by atoms with Crippen LogP contribution in [-0.4, -0.2) is 31.3 Å². The highest BCUT2D eigenvalue weighted by molar-refractivity contribution is 9.10. The minimum Gasteiger partial charge on any atom is -0.333 e. The van der Waals surface area contributed by atoms with Gasteiger partial charge in [0, 0.05) is 22.1 Å². The van der Waals surface area contributed by atoms with Crippen molar-refractivity contribution >= 4 is 31.9 Å². The van der Waals surface area contributed by atoms with E-state index in [2.05, 4.69) is 22.9 Å². The molecule has 0 saturated carbocycles. The average Bonchev–Trinajstić information content (AvgIpc) is 2.77. The standard InChI is InChI=1S/C14H19BrN2O3S/c1-3-12-5-4-9(2)17(12)14(18)10-6-11(15)8-13(7-10)21(16,19)20/h6-9,12H,3-5H2,1-2H3,(H2,16,19,20). The fourth-order valence-electron chi connectivity index (χ4n) is 2.84. The zero-order valence-corrected chi connectivity index (χ0v) is 14.4. The third kappa shape index (κ3) is 3.46. The largest absolute Gasteiger partial charge is 0.333 e. The summed E-state index contributed by atoms with van der Waals surface area (Å²) < 4.78 is 23.5. The quantitative estimate of drug-likeness (QED) is 0.882. The van der Waals surface area contributed by atoms with Gasteiger partial charge in [0.1, 0.15) is 0 Å². The summed E-state index contributed by atoms with van der Waals surface area (Å²) in [4.78, 5) is 14.5. The van der Waals surface area contributed by atoms with Crippen molar-refractivity contribution in [1.29, 1.82) is 0 Å². The van der Waals surface area contributed by atoms with E-state index in [9.17, 15) is 13.2 Å². The molecule has 2 N–H and O–H groups in total. The van der Waals surface area contributed by atoms with Crippen molar-refractivity contribution < 1.29 is 13.2 Å². The minimum absolute atomic E-state index is 0.0554. The van der Waals surface area contributed by atoms with Gasteiger partial charge in [-0.05, 0) is 44.4 Å². The number of nitrogens with two attached hydrogens (primary N) is 1. The number of hydrogen-bond donors (Lipinski definition) is 1. The van der Waals surface area contributed by atoms with Crippen LogP contribution in [0.4, 0.5) is 0 Å². The van der Waals surface area contributed by atoms with Gasteiger partial charge in [0.2, 0.25) is 10.0 Å². The van der Waals surface area contributed by atoms with E-state index < -0.39 is 10.0 Å². The number of amides is 1. The second kappa shape index (κ2) is 6.06. The summed E-state index contributed by atoms with van der Waals surface area (Å²) >= 11 is 3.24. The molecular weight excluding hydrogens is 356 g/mol. The molecule has 1 aliphatic heterocycles. The molecule has 1 saturated heterocycles. The van der Waals surface area contributed by atoms with Gasteiger partial charge in [0.05, 0.1) is 4.90 Å². The van der Waals surface area contributed by atoms with Crippen LogP contribution < -0.4 is 5.14 Å². The molecule has 1 fully saturated rings. The lowest BCUT2D eigenvalue weighted by molar-refractivity contribution is 0.0676. The van der Waals surface area contributed by atoms with Crippen LogP contribution in [0.25, 0.3) is 0 Å². The zero-order valence-electron chi connectivity index (χ0n) is 12.0. The monoisotopic (exact) mass is 374 g/mol. The van der Waals surface area contributed by atoms with E-state index in [1.54, 1.807) is 6.07 Å². The summed E-state index contributed by atoms with van der Waals surface area (Å²) in [6, 6.07) is 4.76. The highest BCUT2D eigenvalue weighted by Crippen LogP contribution is 2.29. The van der Waals surface area contributed by atoms with Gasteiger partial charge < -0.3 is 4.90 Å². The summed E-state index contributed by atoms with van der Waals surface area (Å²) in [6.07, 6.45) is 2.85. The van der Waals surface area contributed by atoms with E-state index in [0.717, 1.165) is 19.3 Å². The predicted octanol–water partition coefficient (Wildman–Crippen LogP) is 2.50. The second-order valence-corrected chi connectivity index (χ2v) is 7.90. The number of sulfonamides is 1. The lowest BCUT2D eigenvalue weighted by Crippen LogP contribution is -2.39. The smallest absolute Gasteiger partial charge is 0.254 e. The molecule has 0 bridgehead atoms. The number of carbonyl (C=O) groups is 1. The van der Waals surface area contributed by atoms with Crippen molar-refractivity contribution in [3.63, 3.8) is 0 Å². The minimum atomic E-state index is -3.84.